The fraction of sp³-hybridized carbons (Fsp3) is 0. The Bertz CT molecular complexity index is 278. The molecule has 1 rings (SSSR count). The van der Waals surface area contributed by atoms with Gasteiger partial charge in [-0.1, -0.05) is 23.2 Å². The molecule has 0 spiro atoms. The number of halogens is 2. The van der Waals surface area contributed by atoms with E-state index in [1.54, 1.807) is 0 Å². The summed E-state index contributed by atoms with van der Waals surface area (Å²) in [5.41, 5.74) is 0.0952. The molecule has 58 valence electrons. The maximum atomic E-state index is 9.97. The van der Waals surface area contributed by atoms with Crippen molar-refractivity contribution in [1.82, 2.24) is 0 Å². The molecule has 1 aromatic carbocycles. The second-order valence-corrected chi connectivity index (χ2v) is 2.66. The summed E-state index contributed by atoms with van der Waals surface area (Å²) in [6.07, 6.45) is 0. The number of rotatable bonds is 1. The number of phenols is 1. The van der Waals surface area contributed by atoms with Gasteiger partial charge in [-0.2, -0.15) is 0 Å². The van der Waals surface area contributed by atoms with Crippen LogP contribution in [0, 0.1) is 4.91 Å². The highest BCUT2D eigenvalue weighted by molar-refractivity contribution is 6.37. The SMILES string of the molecule is O=Nc1cc(Cl)c(O)c(Cl)c1. The largest absolute Gasteiger partial charge is 0.505 e. The van der Waals surface area contributed by atoms with Crippen LogP contribution in [0.15, 0.2) is 17.3 Å². The Labute approximate surface area is 72.5 Å². The molecule has 0 radical (unpaired) electrons. The van der Waals surface area contributed by atoms with Gasteiger partial charge in [-0.15, -0.1) is 4.91 Å². The van der Waals surface area contributed by atoms with Crippen LogP contribution in [0.4, 0.5) is 5.69 Å². The molecule has 0 bridgehead atoms. The molecule has 0 saturated carbocycles. The predicted octanol–water partition coefficient (Wildman–Crippen LogP) is 3.10. The molecule has 0 aromatic heterocycles. The minimum absolute atomic E-state index is 0.0205. The van der Waals surface area contributed by atoms with E-state index in [0.717, 1.165) is 0 Å². The lowest BCUT2D eigenvalue weighted by atomic mass is 10.3. The van der Waals surface area contributed by atoms with Crippen molar-refractivity contribution >= 4 is 28.9 Å². The summed E-state index contributed by atoms with van der Waals surface area (Å²) in [6, 6.07) is 2.46. The van der Waals surface area contributed by atoms with Crippen molar-refractivity contribution in [2.45, 2.75) is 0 Å². The second kappa shape index (κ2) is 3.07. The fourth-order valence-corrected chi connectivity index (χ4v) is 1.08. The zero-order valence-electron chi connectivity index (χ0n) is 5.21. The molecule has 0 unspecified atom stereocenters. The Hall–Kier alpha value is -0.800. The molecule has 0 aliphatic rings. The summed E-state index contributed by atoms with van der Waals surface area (Å²) >= 11 is 10.9. The van der Waals surface area contributed by atoms with E-state index < -0.39 is 0 Å². The fourth-order valence-electron chi connectivity index (χ4n) is 0.605. The van der Waals surface area contributed by atoms with Crippen LogP contribution in [0.3, 0.4) is 0 Å². The van der Waals surface area contributed by atoms with Gasteiger partial charge in [-0.05, 0) is 17.3 Å². The van der Waals surface area contributed by atoms with E-state index >= 15 is 0 Å². The van der Waals surface area contributed by atoms with E-state index in [4.69, 9.17) is 28.3 Å². The highest BCUT2D eigenvalue weighted by atomic mass is 35.5. The first-order chi connectivity index (χ1) is 5.15. The van der Waals surface area contributed by atoms with Crippen LogP contribution in [-0.4, -0.2) is 5.11 Å². The van der Waals surface area contributed by atoms with Gasteiger partial charge in [-0.25, -0.2) is 0 Å². The number of nitroso groups, excluding NO2 is 1. The third kappa shape index (κ3) is 1.61. The third-order valence-corrected chi connectivity index (χ3v) is 1.68. The molecule has 0 saturated heterocycles. The monoisotopic (exact) mass is 191 g/mol. The van der Waals surface area contributed by atoms with E-state index in [9.17, 15) is 4.91 Å². The lowest BCUT2D eigenvalue weighted by Crippen LogP contribution is -1.70. The summed E-state index contributed by atoms with van der Waals surface area (Å²) in [4.78, 5) is 9.97. The van der Waals surface area contributed by atoms with E-state index in [2.05, 4.69) is 5.18 Å². The van der Waals surface area contributed by atoms with Crippen molar-refractivity contribution in [3.63, 3.8) is 0 Å². The van der Waals surface area contributed by atoms with Gasteiger partial charge in [0, 0.05) is 0 Å². The predicted molar refractivity (Wildman–Crippen MR) is 43.6 cm³/mol. The maximum absolute atomic E-state index is 9.97. The molecule has 1 aromatic rings. The Morgan fingerprint density at radius 2 is 1.73 bits per heavy atom. The molecule has 3 nitrogen and oxygen atoms in total. The number of hydrogen-bond donors (Lipinski definition) is 1. The second-order valence-electron chi connectivity index (χ2n) is 1.85. The standard InChI is InChI=1S/C6H3Cl2NO2/c7-4-1-3(9-11)2-5(8)6(4)10/h1-2,10H. The van der Waals surface area contributed by atoms with Crippen molar-refractivity contribution in [3.05, 3.63) is 27.1 Å². The van der Waals surface area contributed by atoms with Gasteiger partial charge in [0.2, 0.25) is 0 Å². The lowest BCUT2D eigenvalue weighted by molar-refractivity contribution is 0.476. The number of nitrogens with zero attached hydrogens (tertiary/aromatic N) is 1. The van der Waals surface area contributed by atoms with Crippen LogP contribution in [-0.2, 0) is 0 Å². The van der Waals surface area contributed by atoms with Crippen LogP contribution >= 0.6 is 23.2 Å². The van der Waals surface area contributed by atoms with Crippen LogP contribution in [0.1, 0.15) is 0 Å². The Morgan fingerprint density at radius 1 is 1.27 bits per heavy atom. The smallest absolute Gasteiger partial charge is 0.152 e. The minimum Gasteiger partial charge on any atom is -0.505 e. The summed E-state index contributed by atoms with van der Waals surface area (Å²) in [5, 5.41) is 11.7. The van der Waals surface area contributed by atoms with Crippen molar-refractivity contribution < 1.29 is 5.11 Å². The van der Waals surface area contributed by atoms with Gasteiger partial charge in [0.05, 0.1) is 10.0 Å². The molecule has 11 heavy (non-hydrogen) atoms. The van der Waals surface area contributed by atoms with Crippen molar-refractivity contribution in [2.24, 2.45) is 5.18 Å². The summed E-state index contributed by atoms with van der Waals surface area (Å²) in [5.74, 6) is -0.235. The van der Waals surface area contributed by atoms with Gasteiger partial charge in [-0.3, -0.25) is 0 Å². The summed E-state index contributed by atoms with van der Waals surface area (Å²) in [6.45, 7) is 0. The molecule has 5 heteroatoms. The number of hydrogen-bond acceptors (Lipinski definition) is 3. The first-order valence-corrected chi connectivity index (χ1v) is 3.42. The summed E-state index contributed by atoms with van der Waals surface area (Å²) < 4.78 is 0. The normalized spacial score (nSPS) is 9.64. The summed E-state index contributed by atoms with van der Waals surface area (Å²) in [7, 11) is 0. The molecule has 0 aliphatic carbocycles. The molecule has 0 atom stereocenters. The van der Waals surface area contributed by atoms with Crippen molar-refractivity contribution in [1.29, 1.82) is 0 Å². The molecular weight excluding hydrogens is 189 g/mol. The number of phenolic OH excluding ortho intramolecular Hbond substituents is 1. The maximum Gasteiger partial charge on any atom is 0.152 e. The van der Waals surface area contributed by atoms with Crippen LogP contribution in [0.5, 0.6) is 5.75 Å². The lowest BCUT2D eigenvalue weighted by Gasteiger charge is -1.98. The van der Waals surface area contributed by atoms with Gasteiger partial charge >= 0.3 is 0 Å². The minimum atomic E-state index is -0.235. The van der Waals surface area contributed by atoms with Crippen LogP contribution in [0.2, 0.25) is 10.0 Å². The first-order valence-electron chi connectivity index (χ1n) is 2.66. The highest BCUT2D eigenvalue weighted by Crippen LogP contribution is 2.35. The van der Waals surface area contributed by atoms with Crippen LogP contribution in [0.25, 0.3) is 0 Å². The zero-order valence-corrected chi connectivity index (χ0v) is 6.73. The third-order valence-electron chi connectivity index (χ3n) is 1.11. The van der Waals surface area contributed by atoms with E-state index in [1.165, 1.54) is 12.1 Å². The molecule has 1 N–H and O–H groups in total. The van der Waals surface area contributed by atoms with Crippen molar-refractivity contribution in [3.8, 4) is 5.75 Å². The average molecular weight is 192 g/mol. The Kier molecular flexibility index (Phi) is 2.31. The van der Waals surface area contributed by atoms with Gasteiger partial charge < -0.3 is 5.11 Å². The molecular formula is C6H3Cl2NO2. The van der Waals surface area contributed by atoms with Crippen LogP contribution < -0.4 is 0 Å². The molecule has 0 heterocycles. The molecule has 0 fully saturated rings. The Balaban J connectivity index is 3.31. The van der Waals surface area contributed by atoms with Gasteiger partial charge in [0.1, 0.15) is 5.69 Å². The quantitative estimate of drug-likeness (QED) is 0.694. The van der Waals surface area contributed by atoms with Crippen molar-refractivity contribution in [2.75, 3.05) is 0 Å². The van der Waals surface area contributed by atoms with Gasteiger partial charge in [0.15, 0.2) is 5.75 Å². The first kappa shape index (κ1) is 8.30. The molecule has 0 amide bonds. The number of benzene rings is 1. The Morgan fingerprint density at radius 3 is 2.09 bits per heavy atom. The zero-order chi connectivity index (χ0) is 8.43. The van der Waals surface area contributed by atoms with E-state index in [0.29, 0.717) is 0 Å². The van der Waals surface area contributed by atoms with E-state index in [1.807, 2.05) is 0 Å². The topological polar surface area (TPSA) is 49.7 Å². The van der Waals surface area contributed by atoms with E-state index in [-0.39, 0.29) is 21.5 Å². The van der Waals surface area contributed by atoms with Gasteiger partial charge in [0.25, 0.3) is 0 Å². The highest BCUT2D eigenvalue weighted by Gasteiger charge is 2.05. The molecule has 0 aliphatic heterocycles. The number of aromatic hydroxyl groups is 1. The average Bonchev–Trinajstić information content (AvgIpc) is 1.99.